The highest BCUT2D eigenvalue weighted by Gasteiger charge is 2.33. The number of hydrogen-bond acceptors (Lipinski definition) is 7. The van der Waals surface area contributed by atoms with Crippen LogP contribution >= 0.6 is 11.6 Å². The molecule has 1 saturated heterocycles. The number of hydrazone groups is 1. The van der Waals surface area contributed by atoms with E-state index in [-0.39, 0.29) is 23.2 Å². The van der Waals surface area contributed by atoms with Crippen molar-refractivity contribution < 1.29 is 32.7 Å². The third kappa shape index (κ3) is 9.66. The number of nitrogens with zero attached hydrogens (tertiary/aromatic N) is 5. The lowest BCUT2D eigenvalue weighted by Gasteiger charge is -2.29. The predicted octanol–water partition coefficient (Wildman–Crippen LogP) is 6.41. The lowest BCUT2D eigenvalue weighted by atomic mass is 10.1. The van der Waals surface area contributed by atoms with E-state index in [1.165, 1.54) is 6.07 Å². The number of carbonyl (C=O) groups excluding carboxylic acids is 2. The van der Waals surface area contributed by atoms with Crippen molar-refractivity contribution in [3.63, 3.8) is 0 Å². The highest BCUT2D eigenvalue weighted by atomic mass is 35.5. The van der Waals surface area contributed by atoms with Gasteiger partial charge in [0.25, 0.3) is 11.8 Å². The van der Waals surface area contributed by atoms with Gasteiger partial charge in [0, 0.05) is 37.0 Å². The van der Waals surface area contributed by atoms with Gasteiger partial charge in [0.15, 0.2) is 0 Å². The summed E-state index contributed by atoms with van der Waals surface area (Å²) in [5, 5.41) is 23.2. The average molecular weight is 696 g/mol. The average Bonchev–Trinajstić information content (AvgIpc) is 3.52. The number of amides is 2. The summed E-state index contributed by atoms with van der Waals surface area (Å²) < 4.78 is 41.5. The molecular formula is C34H33ClF3N7O4. The molecule has 1 aliphatic rings. The minimum Gasteiger partial charge on any atom is -0.481 e. The molecule has 0 atom stereocenters. The van der Waals surface area contributed by atoms with Crippen molar-refractivity contribution in [3.8, 4) is 0 Å². The monoisotopic (exact) mass is 695 g/mol. The van der Waals surface area contributed by atoms with E-state index in [9.17, 15) is 27.6 Å². The summed E-state index contributed by atoms with van der Waals surface area (Å²) in [6.45, 7) is 1.94. The van der Waals surface area contributed by atoms with E-state index in [0.29, 0.717) is 30.6 Å². The maximum atomic E-state index is 13.4. The van der Waals surface area contributed by atoms with Crippen LogP contribution in [0.2, 0.25) is 5.02 Å². The minimum atomic E-state index is -4.66. The Bertz CT molecular complexity index is 1860. The van der Waals surface area contributed by atoms with Crippen LogP contribution < -0.4 is 15.6 Å². The first-order valence-electron chi connectivity index (χ1n) is 15.6. The Kier molecular flexibility index (Phi) is 11.3. The quantitative estimate of drug-likeness (QED) is 0.115. The van der Waals surface area contributed by atoms with Crippen LogP contribution in [0.15, 0.2) is 72.0 Å². The van der Waals surface area contributed by atoms with Crippen LogP contribution in [-0.2, 0) is 23.9 Å². The van der Waals surface area contributed by atoms with Crippen molar-refractivity contribution in [1.82, 2.24) is 20.4 Å². The second kappa shape index (κ2) is 15.8. The number of hydrogen-bond donors (Lipinski definition) is 3. The first-order chi connectivity index (χ1) is 23.5. The fourth-order valence-electron chi connectivity index (χ4n) is 5.39. The van der Waals surface area contributed by atoms with E-state index in [0.717, 1.165) is 62.0 Å². The third-order valence-corrected chi connectivity index (χ3v) is 8.17. The number of aryl methyl sites for hydroxylation is 1. The molecular weight excluding hydrogens is 663 g/mol. The number of carboxylic acid groups (broad SMARTS) is 1. The maximum Gasteiger partial charge on any atom is 0.417 e. The van der Waals surface area contributed by atoms with Crippen LogP contribution in [0, 0.1) is 0 Å². The Hall–Kier alpha value is -5.24. The maximum absolute atomic E-state index is 13.4. The third-order valence-electron chi connectivity index (χ3n) is 7.84. The number of carboxylic acids is 1. The number of alkyl halides is 3. The van der Waals surface area contributed by atoms with Crippen LogP contribution in [-0.4, -0.2) is 57.2 Å². The molecule has 0 spiro atoms. The van der Waals surface area contributed by atoms with Gasteiger partial charge in [0.2, 0.25) is 0 Å². The molecule has 0 aliphatic carbocycles. The topological polar surface area (TPSA) is 142 Å². The van der Waals surface area contributed by atoms with Gasteiger partial charge in [-0.15, -0.1) is 5.10 Å². The molecule has 0 unspecified atom stereocenters. The molecule has 1 fully saturated rings. The first kappa shape index (κ1) is 35.1. The van der Waals surface area contributed by atoms with Crippen LogP contribution in [0.5, 0.6) is 0 Å². The van der Waals surface area contributed by atoms with E-state index in [1.807, 2.05) is 12.1 Å². The SMILES string of the molecule is O=C(O)CCCc1cn(Cc2cccc(C(=O)Nc3ccc(N4CCCCC4)cc3C(=O)N/N=C\c3ccc(Cl)c(C(F)(F)F)c3)c2)nn1. The Morgan fingerprint density at radius 2 is 1.80 bits per heavy atom. The normalized spacial score (nSPS) is 13.4. The zero-order valence-electron chi connectivity index (χ0n) is 26.2. The van der Waals surface area contributed by atoms with Crippen LogP contribution in [0.4, 0.5) is 24.5 Å². The van der Waals surface area contributed by atoms with E-state index in [4.69, 9.17) is 16.7 Å². The molecule has 0 saturated carbocycles. The summed E-state index contributed by atoms with van der Waals surface area (Å²) in [5.74, 6) is -2.02. The van der Waals surface area contributed by atoms with Crippen molar-refractivity contribution >= 4 is 47.0 Å². The molecule has 5 rings (SSSR count). The molecule has 2 amide bonds. The van der Waals surface area contributed by atoms with Gasteiger partial charge in [-0.25, -0.2) is 10.1 Å². The number of anilines is 2. The highest BCUT2D eigenvalue weighted by molar-refractivity contribution is 6.31. The Morgan fingerprint density at radius 1 is 1.00 bits per heavy atom. The number of piperidine rings is 1. The summed E-state index contributed by atoms with van der Waals surface area (Å²) >= 11 is 5.70. The van der Waals surface area contributed by atoms with E-state index < -0.39 is 34.5 Å². The standard InChI is InChI=1S/C34H33ClF3N7O4/c35-29-12-10-22(17-28(29)34(36,37)38)19-39-42-33(49)27-18-26(44-14-2-1-3-15-44)11-13-30(27)40-32(48)24-7-4-6-23(16-24)20-45-21-25(41-43-45)8-5-9-31(46)47/h4,6-7,10-13,16-19,21H,1-3,5,8-9,14-15,20H2,(H,40,48)(H,42,49)(H,46,47)/b39-19-. The molecule has 3 aromatic carbocycles. The van der Waals surface area contributed by atoms with E-state index >= 15 is 0 Å². The second-order valence-electron chi connectivity index (χ2n) is 11.5. The first-order valence-corrected chi connectivity index (χ1v) is 15.9. The van der Waals surface area contributed by atoms with Gasteiger partial charge in [0.05, 0.1) is 40.3 Å². The summed E-state index contributed by atoms with van der Waals surface area (Å²) in [6.07, 6.45) is 2.23. The number of aliphatic carboxylic acids is 1. The van der Waals surface area contributed by atoms with Crippen LogP contribution in [0.1, 0.15) is 75.2 Å². The fourth-order valence-corrected chi connectivity index (χ4v) is 5.61. The van der Waals surface area contributed by atoms with Crippen molar-refractivity contribution in [1.29, 1.82) is 0 Å². The molecule has 15 heteroatoms. The van der Waals surface area contributed by atoms with E-state index in [1.54, 1.807) is 41.2 Å². The summed E-state index contributed by atoms with van der Waals surface area (Å²) in [5.41, 5.74) is 4.30. The number of nitrogens with one attached hydrogen (secondary N) is 2. The van der Waals surface area contributed by atoms with Crippen LogP contribution in [0.25, 0.3) is 0 Å². The molecule has 11 nitrogen and oxygen atoms in total. The summed E-state index contributed by atoms with van der Waals surface area (Å²) in [4.78, 5) is 39.8. The van der Waals surface area contributed by atoms with Gasteiger partial charge in [-0.2, -0.15) is 18.3 Å². The molecule has 2 heterocycles. The van der Waals surface area contributed by atoms with Gasteiger partial charge in [-0.05, 0) is 85.7 Å². The van der Waals surface area contributed by atoms with Gasteiger partial charge in [-0.3, -0.25) is 14.4 Å². The molecule has 49 heavy (non-hydrogen) atoms. The minimum absolute atomic E-state index is 0.0388. The Balaban J connectivity index is 1.32. The van der Waals surface area contributed by atoms with E-state index in [2.05, 4.69) is 31.1 Å². The molecule has 3 N–H and O–H groups in total. The van der Waals surface area contributed by atoms with Gasteiger partial charge in [-0.1, -0.05) is 35.0 Å². The van der Waals surface area contributed by atoms with Gasteiger partial charge < -0.3 is 15.3 Å². The summed E-state index contributed by atoms with van der Waals surface area (Å²) in [6, 6.07) is 15.3. The van der Waals surface area contributed by atoms with Crippen molar-refractivity contribution in [2.24, 2.45) is 5.10 Å². The van der Waals surface area contributed by atoms with Gasteiger partial charge in [0.1, 0.15) is 0 Å². The molecule has 1 aromatic heterocycles. The predicted molar refractivity (Wildman–Crippen MR) is 178 cm³/mol. The second-order valence-corrected chi connectivity index (χ2v) is 11.9. The smallest absolute Gasteiger partial charge is 0.417 e. The molecule has 1 aliphatic heterocycles. The zero-order chi connectivity index (χ0) is 35.0. The van der Waals surface area contributed by atoms with Crippen LogP contribution in [0.3, 0.4) is 0 Å². The highest BCUT2D eigenvalue weighted by Crippen LogP contribution is 2.35. The number of halogens is 4. The molecule has 0 radical (unpaired) electrons. The molecule has 0 bridgehead atoms. The lowest BCUT2D eigenvalue weighted by molar-refractivity contribution is -0.138. The lowest BCUT2D eigenvalue weighted by Crippen LogP contribution is -2.30. The Labute approximate surface area is 284 Å². The molecule has 4 aromatic rings. The molecule has 256 valence electrons. The zero-order valence-corrected chi connectivity index (χ0v) is 27.0. The van der Waals surface area contributed by atoms with Crippen molar-refractivity contribution in [2.45, 2.75) is 51.2 Å². The van der Waals surface area contributed by atoms with Gasteiger partial charge >= 0.3 is 12.1 Å². The number of carbonyl (C=O) groups is 3. The van der Waals surface area contributed by atoms with Crippen molar-refractivity contribution in [3.05, 3.63) is 105 Å². The largest absolute Gasteiger partial charge is 0.481 e. The number of aromatic nitrogens is 3. The summed E-state index contributed by atoms with van der Waals surface area (Å²) in [7, 11) is 0. The number of rotatable bonds is 12. The fraction of sp³-hybridized carbons (Fsp3) is 0.294. The van der Waals surface area contributed by atoms with Crippen molar-refractivity contribution in [2.75, 3.05) is 23.3 Å². The number of benzene rings is 3. The Morgan fingerprint density at radius 3 is 2.55 bits per heavy atom.